The fourth-order valence-corrected chi connectivity index (χ4v) is 5.79. The van der Waals surface area contributed by atoms with Crippen molar-refractivity contribution in [1.82, 2.24) is 24.3 Å². The maximum Gasteiger partial charge on any atom is 0.264 e. The number of anilines is 1. The summed E-state index contributed by atoms with van der Waals surface area (Å²) in [6, 6.07) is 8.06. The molecule has 0 unspecified atom stereocenters. The molecule has 5 rings (SSSR count). The molecule has 0 bridgehead atoms. The first-order chi connectivity index (χ1) is 15.1. The number of rotatable bonds is 6. The van der Waals surface area contributed by atoms with Gasteiger partial charge in [0.1, 0.15) is 11.1 Å². The van der Waals surface area contributed by atoms with Crippen LogP contribution in [-0.4, -0.2) is 30.2 Å². The van der Waals surface area contributed by atoms with Crippen LogP contribution in [0.5, 0.6) is 0 Å². The van der Waals surface area contributed by atoms with Crippen molar-refractivity contribution in [3.63, 3.8) is 0 Å². The standard InChI is InChI=1S/C20H16N6O2S3/c1-25-18-12(10-22-25)19(28)26(11-21-18)7-6-15(27)23-20-24-16(13-4-2-8-29-13)17(31-20)14-5-3-9-30-14/h2-5,8-11H,6-7H2,1H3,(H,23,24,27). The molecule has 11 heteroatoms. The largest absolute Gasteiger partial charge is 0.302 e. The second-order valence-electron chi connectivity index (χ2n) is 6.70. The number of nitrogens with zero attached hydrogens (tertiary/aromatic N) is 5. The SMILES string of the molecule is Cn1ncc2c(=O)n(CCC(=O)Nc3nc(-c4cccs4)c(-c4cccs4)s3)cnc21. The fraction of sp³-hybridized carbons (Fsp3) is 0.150. The van der Waals surface area contributed by atoms with Crippen molar-refractivity contribution in [2.75, 3.05) is 5.32 Å². The number of aromatic nitrogens is 5. The second-order valence-corrected chi connectivity index (χ2v) is 9.59. The summed E-state index contributed by atoms with van der Waals surface area (Å²) < 4.78 is 2.98. The molecular weight excluding hydrogens is 452 g/mol. The minimum Gasteiger partial charge on any atom is -0.302 e. The fourth-order valence-electron chi connectivity index (χ4n) is 3.16. The number of aryl methyl sites for hydroxylation is 2. The number of amides is 1. The lowest BCUT2D eigenvalue weighted by Crippen LogP contribution is -2.23. The predicted octanol–water partition coefficient (Wildman–Crippen LogP) is 4.07. The summed E-state index contributed by atoms with van der Waals surface area (Å²) in [4.78, 5) is 37.3. The van der Waals surface area contributed by atoms with Gasteiger partial charge >= 0.3 is 0 Å². The van der Waals surface area contributed by atoms with E-state index in [1.165, 1.54) is 28.4 Å². The van der Waals surface area contributed by atoms with Crippen molar-refractivity contribution in [3.8, 4) is 20.3 Å². The van der Waals surface area contributed by atoms with Crippen LogP contribution >= 0.6 is 34.0 Å². The molecule has 0 spiro atoms. The van der Waals surface area contributed by atoms with Crippen LogP contribution in [0.2, 0.25) is 0 Å². The third-order valence-electron chi connectivity index (χ3n) is 4.67. The second kappa shape index (κ2) is 8.17. The van der Waals surface area contributed by atoms with Crippen LogP contribution in [0.4, 0.5) is 5.13 Å². The highest BCUT2D eigenvalue weighted by atomic mass is 32.1. The quantitative estimate of drug-likeness (QED) is 0.405. The van der Waals surface area contributed by atoms with E-state index in [4.69, 9.17) is 0 Å². The zero-order valence-corrected chi connectivity index (χ0v) is 18.8. The molecular formula is C20H16N6O2S3. The van der Waals surface area contributed by atoms with Gasteiger partial charge in [0, 0.05) is 24.9 Å². The van der Waals surface area contributed by atoms with E-state index in [2.05, 4.69) is 26.4 Å². The van der Waals surface area contributed by atoms with Crippen LogP contribution < -0.4 is 10.9 Å². The van der Waals surface area contributed by atoms with Crippen LogP contribution in [0, 0.1) is 0 Å². The highest BCUT2D eigenvalue weighted by Crippen LogP contribution is 2.42. The summed E-state index contributed by atoms with van der Waals surface area (Å²) in [5.74, 6) is -0.206. The zero-order chi connectivity index (χ0) is 21.4. The molecule has 1 N–H and O–H groups in total. The number of nitrogens with one attached hydrogen (secondary N) is 1. The number of carbonyl (C=O) groups excluding carboxylic acids is 1. The first-order valence-electron chi connectivity index (χ1n) is 9.36. The molecule has 8 nitrogen and oxygen atoms in total. The lowest BCUT2D eigenvalue weighted by Gasteiger charge is -2.05. The van der Waals surface area contributed by atoms with Gasteiger partial charge in [0.15, 0.2) is 10.8 Å². The molecule has 0 aromatic carbocycles. The van der Waals surface area contributed by atoms with Gasteiger partial charge in [0.2, 0.25) is 5.91 Å². The van der Waals surface area contributed by atoms with Gasteiger partial charge in [0.05, 0.1) is 22.3 Å². The normalized spacial score (nSPS) is 11.3. The third kappa shape index (κ3) is 3.82. The number of fused-ring (bicyclic) bond motifs is 1. The topological polar surface area (TPSA) is 94.7 Å². The summed E-state index contributed by atoms with van der Waals surface area (Å²) in [5.41, 5.74) is 1.19. The highest BCUT2D eigenvalue weighted by Gasteiger charge is 2.18. The first kappa shape index (κ1) is 19.8. The van der Waals surface area contributed by atoms with Crippen molar-refractivity contribution in [2.45, 2.75) is 13.0 Å². The summed E-state index contributed by atoms with van der Waals surface area (Å²) in [5, 5.41) is 12.0. The Morgan fingerprint density at radius 3 is 2.68 bits per heavy atom. The average molecular weight is 469 g/mol. The van der Waals surface area contributed by atoms with Crippen LogP contribution in [0.3, 0.4) is 0 Å². The highest BCUT2D eigenvalue weighted by molar-refractivity contribution is 7.24. The zero-order valence-electron chi connectivity index (χ0n) is 16.3. The molecule has 0 atom stereocenters. The van der Waals surface area contributed by atoms with Crippen LogP contribution in [0.25, 0.3) is 31.4 Å². The number of hydrogen-bond acceptors (Lipinski definition) is 8. The summed E-state index contributed by atoms with van der Waals surface area (Å²) >= 11 is 4.71. The molecule has 31 heavy (non-hydrogen) atoms. The molecule has 156 valence electrons. The van der Waals surface area contributed by atoms with E-state index in [9.17, 15) is 9.59 Å². The van der Waals surface area contributed by atoms with Gasteiger partial charge in [0.25, 0.3) is 5.56 Å². The van der Waals surface area contributed by atoms with E-state index >= 15 is 0 Å². The maximum absolute atomic E-state index is 12.6. The minimum atomic E-state index is -0.208. The Morgan fingerprint density at radius 2 is 1.94 bits per heavy atom. The van der Waals surface area contributed by atoms with Crippen LogP contribution in [-0.2, 0) is 18.4 Å². The molecule has 1 amide bonds. The first-order valence-corrected chi connectivity index (χ1v) is 11.9. The van der Waals surface area contributed by atoms with Gasteiger partial charge in [-0.05, 0) is 22.9 Å². The molecule has 0 saturated carbocycles. The molecule has 0 aliphatic heterocycles. The Labute approximate surface area is 188 Å². The van der Waals surface area contributed by atoms with E-state index < -0.39 is 0 Å². The van der Waals surface area contributed by atoms with Gasteiger partial charge in [-0.15, -0.1) is 22.7 Å². The van der Waals surface area contributed by atoms with Crippen molar-refractivity contribution in [1.29, 1.82) is 0 Å². The molecule has 0 saturated heterocycles. The lowest BCUT2D eigenvalue weighted by molar-refractivity contribution is -0.116. The van der Waals surface area contributed by atoms with Gasteiger partial charge in [-0.2, -0.15) is 5.10 Å². The van der Waals surface area contributed by atoms with E-state index in [-0.39, 0.29) is 24.4 Å². The Kier molecular flexibility index (Phi) is 5.22. The van der Waals surface area contributed by atoms with Crippen molar-refractivity contribution in [3.05, 3.63) is 57.9 Å². The predicted molar refractivity (Wildman–Crippen MR) is 125 cm³/mol. The number of thiophene rings is 2. The minimum absolute atomic E-state index is 0.135. The molecule has 0 fully saturated rings. The molecule has 5 aromatic rings. The van der Waals surface area contributed by atoms with Crippen LogP contribution in [0.1, 0.15) is 6.42 Å². The molecule has 5 heterocycles. The van der Waals surface area contributed by atoms with Crippen molar-refractivity contribution >= 4 is 56.1 Å². The Morgan fingerprint density at radius 1 is 1.16 bits per heavy atom. The number of hydrogen-bond donors (Lipinski definition) is 1. The smallest absolute Gasteiger partial charge is 0.264 e. The summed E-state index contributed by atoms with van der Waals surface area (Å²) in [7, 11) is 1.73. The summed E-state index contributed by atoms with van der Waals surface area (Å²) in [6.45, 7) is 0.226. The molecule has 0 radical (unpaired) electrons. The van der Waals surface area contributed by atoms with Crippen molar-refractivity contribution in [2.24, 2.45) is 7.05 Å². The number of carbonyl (C=O) groups is 1. The van der Waals surface area contributed by atoms with Gasteiger partial charge in [-0.25, -0.2) is 9.97 Å². The Hall–Kier alpha value is -3.15. The van der Waals surface area contributed by atoms with Crippen molar-refractivity contribution < 1.29 is 4.79 Å². The van der Waals surface area contributed by atoms with E-state index in [0.29, 0.717) is 16.2 Å². The Bertz CT molecular complexity index is 1360. The summed E-state index contributed by atoms with van der Waals surface area (Å²) in [6.07, 6.45) is 3.08. The van der Waals surface area contributed by atoms with E-state index in [1.54, 1.807) is 34.4 Å². The van der Waals surface area contributed by atoms with E-state index in [1.807, 2.05) is 29.0 Å². The third-order valence-corrected chi connectivity index (χ3v) is 7.57. The maximum atomic E-state index is 12.6. The molecule has 5 aromatic heterocycles. The number of thiazole rings is 1. The van der Waals surface area contributed by atoms with Gasteiger partial charge in [-0.1, -0.05) is 23.5 Å². The molecule has 0 aliphatic rings. The van der Waals surface area contributed by atoms with Crippen LogP contribution in [0.15, 0.2) is 52.3 Å². The molecule has 0 aliphatic carbocycles. The average Bonchev–Trinajstić information content (AvgIpc) is 3.54. The van der Waals surface area contributed by atoms with Gasteiger partial charge in [-0.3, -0.25) is 18.8 Å². The lowest BCUT2D eigenvalue weighted by atomic mass is 10.3. The monoisotopic (exact) mass is 468 g/mol. The Balaban J connectivity index is 1.34. The van der Waals surface area contributed by atoms with E-state index in [0.717, 1.165) is 20.3 Å². The van der Waals surface area contributed by atoms with Gasteiger partial charge < -0.3 is 5.32 Å².